The Morgan fingerprint density at radius 3 is 2.24 bits per heavy atom. The molecule has 10 nitrogen and oxygen atoms in total. The molecule has 0 aliphatic carbocycles. The average molecular weight is 675 g/mol. The molecule has 50 heavy (non-hydrogen) atoms. The number of hydrogen-bond acceptors (Lipinski definition) is 7. The van der Waals surface area contributed by atoms with Gasteiger partial charge in [-0.15, -0.1) is 10.2 Å². The minimum atomic E-state index is -0.660. The maximum atomic E-state index is 13.2. The van der Waals surface area contributed by atoms with E-state index in [-0.39, 0.29) is 25.1 Å². The summed E-state index contributed by atoms with van der Waals surface area (Å²) in [7, 11) is 0. The van der Waals surface area contributed by atoms with E-state index >= 15 is 0 Å². The highest BCUT2D eigenvalue weighted by molar-refractivity contribution is 5.84. The zero-order valence-corrected chi connectivity index (χ0v) is 29.5. The van der Waals surface area contributed by atoms with Gasteiger partial charge < -0.3 is 20.5 Å². The summed E-state index contributed by atoms with van der Waals surface area (Å²) in [5, 5.41) is 24.2. The molecule has 1 atom stereocenters. The van der Waals surface area contributed by atoms with Gasteiger partial charge in [0.25, 0.3) is 0 Å². The summed E-state index contributed by atoms with van der Waals surface area (Å²) < 4.78 is 7.60. The van der Waals surface area contributed by atoms with Crippen LogP contribution in [0.25, 0.3) is 39.0 Å². The highest BCUT2D eigenvalue weighted by Crippen LogP contribution is 2.37. The van der Waals surface area contributed by atoms with E-state index in [0.29, 0.717) is 37.4 Å². The Hall–Kier alpha value is -5.06. The first-order chi connectivity index (χ1) is 24.0. The molecule has 1 saturated heterocycles. The third-order valence-electron chi connectivity index (χ3n) is 9.14. The van der Waals surface area contributed by atoms with E-state index in [2.05, 4.69) is 101 Å². The number of carbonyl (C=O) groups excluding carboxylic acids is 2. The van der Waals surface area contributed by atoms with Crippen LogP contribution in [-0.2, 0) is 22.6 Å². The third-order valence-corrected chi connectivity index (χ3v) is 9.14. The van der Waals surface area contributed by atoms with Crippen LogP contribution >= 0.6 is 0 Å². The normalized spacial score (nSPS) is 14.6. The van der Waals surface area contributed by atoms with Gasteiger partial charge in [0.1, 0.15) is 5.60 Å². The number of aromatic nitrogens is 3. The number of benzene rings is 3. The number of fused-ring (bicyclic) bond motifs is 1. The van der Waals surface area contributed by atoms with Gasteiger partial charge in [0.2, 0.25) is 5.91 Å². The molecule has 3 aromatic carbocycles. The lowest BCUT2D eigenvalue weighted by molar-refractivity contribution is -0.119. The van der Waals surface area contributed by atoms with Crippen molar-refractivity contribution in [1.82, 2.24) is 30.1 Å². The van der Waals surface area contributed by atoms with Gasteiger partial charge in [0.15, 0.2) is 11.5 Å². The highest BCUT2D eigenvalue weighted by atomic mass is 16.6. The fourth-order valence-corrected chi connectivity index (χ4v) is 6.59. The quantitative estimate of drug-likeness (QED) is 0.138. The van der Waals surface area contributed by atoms with Gasteiger partial charge in [-0.3, -0.25) is 14.1 Å². The van der Waals surface area contributed by atoms with Gasteiger partial charge in [-0.1, -0.05) is 60.7 Å². The maximum absolute atomic E-state index is 13.2. The predicted octanol–water partition coefficient (Wildman–Crippen LogP) is 6.44. The number of pyridine rings is 1. The van der Waals surface area contributed by atoms with E-state index < -0.39 is 11.7 Å². The molecule has 5 aromatic rings. The number of aliphatic hydroxyl groups is 1. The number of nitrogens with one attached hydrogen (secondary N) is 2. The molecule has 2 aromatic heterocycles. The molecular weight excluding hydrogens is 628 g/mol. The topological polar surface area (TPSA) is 121 Å². The first kappa shape index (κ1) is 34.8. The first-order valence-electron chi connectivity index (χ1n) is 17.2. The highest BCUT2D eigenvalue weighted by Gasteiger charge is 2.29. The Kier molecular flexibility index (Phi) is 10.3. The van der Waals surface area contributed by atoms with Crippen LogP contribution in [-0.4, -0.2) is 67.9 Å². The van der Waals surface area contributed by atoms with Crippen LogP contribution in [0.5, 0.6) is 0 Å². The largest absolute Gasteiger partial charge is 0.444 e. The summed E-state index contributed by atoms with van der Waals surface area (Å²) in [6.07, 6.45) is 2.62. The van der Waals surface area contributed by atoms with Crippen molar-refractivity contribution in [3.8, 4) is 33.4 Å². The van der Waals surface area contributed by atoms with E-state index in [1.165, 1.54) is 27.8 Å². The summed E-state index contributed by atoms with van der Waals surface area (Å²) in [5.41, 5.74) is 10.4. The van der Waals surface area contributed by atoms with Crippen molar-refractivity contribution in [1.29, 1.82) is 0 Å². The fourth-order valence-electron chi connectivity index (χ4n) is 6.59. The van der Waals surface area contributed by atoms with Crippen molar-refractivity contribution >= 4 is 17.6 Å². The SMILES string of the molecule is Cc1c(-c2ccc(CNCCO)cc2)cccc1-c1cccc(-c2ccn3c(CN(C[C@@H]4CCC(=O)N4)C(=O)OC(C)(C)C)nnc3c2)c1C. The van der Waals surface area contributed by atoms with Gasteiger partial charge in [0.05, 0.1) is 13.2 Å². The molecule has 2 amide bonds. The number of amides is 2. The zero-order chi connectivity index (χ0) is 35.4. The van der Waals surface area contributed by atoms with Crippen molar-refractivity contribution < 1.29 is 19.4 Å². The summed E-state index contributed by atoms with van der Waals surface area (Å²) in [5.74, 6) is 0.602. The van der Waals surface area contributed by atoms with Crippen molar-refractivity contribution in [2.75, 3.05) is 19.7 Å². The molecule has 0 radical (unpaired) electrons. The van der Waals surface area contributed by atoms with Crippen LogP contribution in [0.1, 0.15) is 56.1 Å². The van der Waals surface area contributed by atoms with E-state index in [1.807, 2.05) is 37.4 Å². The maximum Gasteiger partial charge on any atom is 0.410 e. The Morgan fingerprint density at radius 2 is 1.62 bits per heavy atom. The number of nitrogens with zero attached hydrogens (tertiary/aromatic N) is 4. The summed E-state index contributed by atoms with van der Waals surface area (Å²) in [6, 6.07) is 25.4. The number of rotatable bonds is 11. The molecule has 0 unspecified atom stereocenters. The molecule has 0 spiro atoms. The van der Waals surface area contributed by atoms with Crippen molar-refractivity contribution in [2.45, 2.75) is 72.2 Å². The van der Waals surface area contributed by atoms with E-state index in [0.717, 1.165) is 28.8 Å². The molecule has 6 rings (SSSR count). The van der Waals surface area contributed by atoms with Gasteiger partial charge >= 0.3 is 6.09 Å². The molecule has 260 valence electrons. The lowest BCUT2D eigenvalue weighted by Crippen LogP contribution is -2.44. The average Bonchev–Trinajstić information content (AvgIpc) is 3.69. The molecule has 3 heterocycles. The van der Waals surface area contributed by atoms with Gasteiger partial charge in [0, 0.05) is 38.3 Å². The molecule has 1 fully saturated rings. The van der Waals surface area contributed by atoms with Gasteiger partial charge in [-0.05, 0) is 103 Å². The van der Waals surface area contributed by atoms with Crippen LogP contribution < -0.4 is 10.6 Å². The fraction of sp³-hybridized carbons (Fsp3) is 0.350. The van der Waals surface area contributed by atoms with Crippen LogP contribution in [0.2, 0.25) is 0 Å². The summed E-state index contributed by atoms with van der Waals surface area (Å²) >= 11 is 0. The first-order valence-corrected chi connectivity index (χ1v) is 17.2. The Bertz CT molecular complexity index is 2000. The number of hydrogen-bond donors (Lipinski definition) is 3. The van der Waals surface area contributed by atoms with Crippen LogP contribution in [0.4, 0.5) is 4.79 Å². The molecular formula is C40H46N6O4. The van der Waals surface area contributed by atoms with E-state index in [4.69, 9.17) is 9.84 Å². The second-order valence-corrected chi connectivity index (χ2v) is 14.0. The molecule has 1 aliphatic heterocycles. The van der Waals surface area contributed by atoms with Gasteiger partial charge in [-0.25, -0.2) is 4.79 Å². The Labute approximate surface area is 293 Å². The lowest BCUT2D eigenvalue weighted by atomic mass is 9.88. The lowest BCUT2D eigenvalue weighted by Gasteiger charge is -2.28. The molecule has 1 aliphatic rings. The van der Waals surface area contributed by atoms with Crippen LogP contribution in [0.15, 0.2) is 79.0 Å². The van der Waals surface area contributed by atoms with Crippen molar-refractivity contribution in [2.24, 2.45) is 0 Å². The van der Waals surface area contributed by atoms with Crippen molar-refractivity contribution in [3.05, 3.63) is 102 Å². The second-order valence-electron chi connectivity index (χ2n) is 14.0. The summed E-state index contributed by atoms with van der Waals surface area (Å²) in [6.45, 7) is 11.8. The summed E-state index contributed by atoms with van der Waals surface area (Å²) in [4.78, 5) is 26.7. The molecule has 3 N–H and O–H groups in total. The monoisotopic (exact) mass is 674 g/mol. The standard InChI is InChI=1S/C40H46N6O4/c1-26-32(29-14-12-28(13-15-29)23-41-19-21-47)8-6-10-34(26)35-11-7-9-33(27(35)2)30-18-20-46-36(22-30)43-44-37(46)25-45(39(49)50-40(3,4)5)24-31-16-17-38(48)42-31/h6-15,18,20,22,31,41,47H,16-17,19,21,23-25H2,1-5H3,(H,42,48)/t31-/m0/s1. The van der Waals surface area contributed by atoms with E-state index in [9.17, 15) is 9.59 Å². The number of ether oxygens (including phenoxy) is 1. The minimum Gasteiger partial charge on any atom is -0.444 e. The second kappa shape index (κ2) is 14.8. The van der Waals surface area contributed by atoms with Crippen LogP contribution in [0, 0.1) is 13.8 Å². The van der Waals surface area contributed by atoms with Gasteiger partial charge in [-0.2, -0.15) is 0 Å². The zero-order valence-electron chi connectivity index (χ0n) is 29.5. The number of aliphatic hydroxyl groups excluding tert-OH is 1. The predicted molar refractivity (Wildman–Crippen MR) is 195 cm³/mol. The third kappa shape index (κ3) is 7.87. The number of carbonyl (C=O) groups is 2. The Balaban J connectivity index is 1.26. The van der Waals surface area contributed by atoms with E-state index in [1.54, 1.807) is 4.90 Å². The van der Waals surface area contributed by atoms with Crippen LogP contribution in [0.3, 0.4) is 0 Å². The molecule has 0 bridgehead atoms. The molecule has 10 heteroatoms. The Morgan fingerprint density at radius 1 is 0.960 bits per heavy atom. The smallest absolute Gasteiger partial charge is 0.410 e. The molecule has 0 saturated carbocycles. The van der Waals surface area contributed by atoms with Crippen molar-refractivity contribution in [3.63, 3.8) is 0 Å². The minimum absolute atomic E-state index is 0.00353.